The third-order valence-electron chi connectivity index (χ3n) is 3.36. The Kier molecular flexibility index (Phi) is 13.2. The molecule has 1 heterocycles. The number of piperidine rings is 1. The van der Waals surface area contributed by atoms with Crippen LogP contribution in [0.3, 0.4) is 0 Å². The molecule has 0 saturated carbocycles. The van der Waals surface area contributed by atoms with E-state index in [9.17, 15) is 4.79 Å². The van der Waals surface area contributed by atoms with Crippen LogP contribution in [0.15, 0.2) is 0 Å². The first-order valence-corrected chi connectivity index (χ1v) is 6.88. The summed E-state index contributed by atoms with van der Waals surface area (Å²) in [6, 6.07) is 0.0353. The van der Waals surface area contributed by atoms with E-state index < -0.39 is 0 Å². The molecule has 1 amide bonds. The largest absolute Gasteiger partial charge is 0.355 e. The molecule has 0 aromatic heterocycles. The molecule has 4 nitrogen and oxygen atoms in total. The Balaban J connectivity index is 0. The van der Waals surface area contributed by atoms with Crippen LogP contribution in [0.2, 0.25) is 0 Å². The Morgan fingerprint density at radius 2 is 1.79 bits per heavy atom. The molecule has 0 aliphatic carbocycles. The smallest absolute Gasteiger partial charge is 0.237 e. The van der Waals surface area contributed by atoms with E-state index in [1.165, 1.54) is 19.3 Å². The number of hydrogen-bond donors (Lipinski definition) is 2. The normalized spacial score (nSPS) is 17.3. The van der Waals surface area contributed by atoms with Crippen LogP contribution >= 0.6 is 24.8 Å². The molecule has 0 aromatic rings. The highest BCUT2D eigenvalue weighted by Gasteiger charge is 2.29. The fraction of sp³-hybridized carbons (Fsp3) is 0.923. The number of nitrogens with one attached hydrogen (secondary N) is 1. The van der Waals surface area contributed by atoms with Gasteiger partial charge in [-0.3, -0.25) is 9.69 Å². The van der Waals surface area contributed by atoms with Gasteiger partial charge < -0.3 is 11.1 Å². The minimum Gasteiger partial charge on any atom is -0.355 e. The Morgan fingerprint density at radius 3 is 2.26 bits per heavy atom. The molecule has 3 N–H and O–H groups in total. The molecule has 1 rings (SSSR count). The predicted molar refractivity (Wildman–Crippen MR) is 85.2 cm³/mol. The second-order valence-electron chi connectivity index (χ2n) is 5.22. The summed E-state index contributed by atoms with van der Waals surface area (Å²) in [5.41, 5.74) is 5.43. The first-order chi connectivity index (χ1) is 8.16. The first-order valence-electron chi connectivity index (χ1n) is 6.88. The van der Waals surface area contributed by atoms with Crippen molar-refractivity contribution in [3.05, 3.63) is 0 Å². The van der Waals surface area contributed by atoms with E-state index in [1.807, 2.05) is 0 Å². The van der Waals surface area contributed by atoms with Crippen molar-refractivity contribution < 1.29 is 4.79 Å². The van der Waals surface area contributed by atoms with Gasteiger partial charge >= 0.3 is 0 Å². The molecule has 0 spiro atoms. The van der Waals surface area contributed by atoms with E-state index in [1.54, 1.807) is 0 Å². The quantitative estimate of drug-likeness (QED) is 0.735. The molecule has 6 heteroatoms. The third-order valence-corrected chi connectivity index (χ3v) is 3.36. The van der Waals surface area contributed by atoms with Crippen LogP contribution in [-0.4, -0.2) is 43.0 Å². The number of nitrogens with two attached hydrogens (primary N) is 1. The van der Waals surface area contributed by atoms with Crippen LogP contribution in [0.25, 0.3) is 0 Å². The van der Waals surface area contributed by atoms with Gasteiger partial charge in [0.25, 0.3) is 0 Å². The van der Waals surface area contributed by atoms with Gasteiger partial charge in [0.15, 0.2) is 0 Å². The fourth-order valence-electron chi connectivity index (χ4n) is 2.50. The third kappa shape index (κ3) is 7.35. The Hall–Kier alpha value is -0.0300. The summed E-state index contributed by atoms with van der Waals surface area (Å²) in [4.78, 5) is 14.5. The fourth-order valence-corrected chi connectivity index (χ4v) is 2.50. The number of amides is 1. The van der Waals surface area contributed by atoms with Crippen molar-refractivity contribution in [3.8, 4) is 0 Å². The van der Waals surface area contributed by atoms with E-state index in [-0.39, 0.29) is 36.8 Å². The number of carbonyl (C=O) groups is 1. The standard InChI is InChI=1S/C13H27N3O.2ClH/c1-11(2)12(13(17)15-8-6-7-14)16-9-4-3-5-10-16;;/h11-12H,3-10,14H2,1-2H3,(H,15,17);2*1H. The summed E-state index contributed by atoms with van der Waals surface area (Å²) in [5, 5.41) is 3.00. The monoisotopic (exact) mass is 313 g/mol. The topological polar surface area (TPSA) is 58.4 Å². The van der Waals surface area contributed by atoms with Crippen LogP contribution in [-0.2, 0) is 4.79 Å². The summed E-state index contributed by atoms with van der Waals surface area (Å²) in [6.07, 6.45) is 4.60. The number of halogens is 2. The van der Waals surface area contributed by atoms with Crippen LogP contribution in [0, 0.1) is 5.92 Å². The summed E-state index contributed by atoms with van der Waals surface area (Å²) in [5.74, 6) is 0.543. The van der Waals surface area contributed by atoms with Crippen molar-refractivity contribution in [1.82, 2.24) is 10.2 Å². The lowest BCUT2D eigenvalue weighted by Gasteiger charge is -2.35. The number of rotatable bonds is 6. The second kappa shape index (κ2) is 11.8. The maximum atomic E-state index is 12.2. The van der Waals surface area contributed by atoms with E-state index in [0.29, 0.717) is 19.0 Å². The van der Waals surface area contributed by atoms with E-state index in [4.69, 9.17) is 5.73 Å². The number of hydrogen-bond acceptors (Lipinski definition) is 3. The molecule has 1 saturated heterocycles. The number of carbonyl (C=O) groups excluding carboxylic acids is 1. The average Bonchev–Trinajstić information content (AvgIpc) is 2.30. The van der Waals surface area contributed by atoms with Gasteiger partial charge in [0, 0.05) is 6.54 Å². The zero-order chi connectivity index (χ0) is 12.7. The molecule has 0 bridgehead atoms. The van der Waals surface area contributed by atoms with Crippen LogP contribution < -0.4 is 11.1 Å². The Labute approximate surface area is 129 Å². The summed E-state index contributed by atoms with van der Waals surface area (Å²) < 4.78 is 0. The van der Waals surface area contributed by atoms with Crippen molar-refractivity contribution in [1.29, 1.82) is 0 Å². The molecule has 19 heavy (non-hydrogen) atoms. The lowest BCUT2D eigenvalue weighted by Crippen LogP contribution is -2.51. The molecule has 116 valence electrons. The summed E-state index contributed by atoms with van der Waals surface area (Å²) >= 11 is 0. The lowest BCUT2D eigenvalue weighted by atomic mass is 9.98. The van der Waals surface area contributed by atoms with Crippen molar-refractivity contribution in [3.63, 3.8) is 0 Å². The Morgan fingerprint density at radius 1 is 1.21 bits per heavy atom. The van der Waals surface area contributed by atoms with Crippen molar-refractivity contribution in [2.75, 3.05) is 26.2 Å². The molecule has 1 aliphatic rings. The maximum absolute atomic E-state index is 12.2. The molecule has 1 unspecified atom stereocenters. The molecule has 1 aliphatic heterocycles. The Bertz CT molecular complexity index is 234. The minimum atomic E-state index is 0. The van der Waals surface area contributed by atoms with Crippen molar-refractivity contribution in [2.24, 2.45) is 11.7 Å². The van der Waals surface area contributed by atoms with Gasteiger partial charge in [0.05, 0.1) is 6.04 Å². The highest BCUT2D eigenvalue weighted by atomic mass is 35.5. The second-order valence-corrected chi connectivity index (χ2v) is 5.22. The van der Waals surface area contributed by atoms with Crippen LogP contribution in [0.1, 0.15) is 39.5 Å². The SMILES string of the molecule is CC(C)C(C(=O)NCCCN)N1CCCCC1.Cl.Cl. The first kappa shape index (κ1) is 21.3. The van der Waals surface area contributed by atoms with E-state index >= 15 is 0 Å². The van der Waals surface area contributed by atoms with Gasteiger partial charge in [0.1, 0.15) is 0 Å². The van der Waals surface area contributed by atoms with E-state index in [2.05, 4.69) is 24.1 Å². The van der Waals surface area contributed by atoms with Gasteiger partial charge in [0.2, 0.25) is 5.91 Å². The van der Waals surface area contributed by atoms with Gasteiger partial charge in [-0.1, -0.05) is 20.3 Å². The van der Waals surface area contributed by atoms with Gasteiger partial charge in [-0.05, 0) is 44.8 Å². The molecular weight excluding hydrogens is 285 g/mol. The molecule has 1 atom stereocenters. The lowest BCUT2D eigenvalue weighted by molar-refractivity contribution is -0.128. The predicted octanol–water partition coefficient (Wildman–Crippen LogP) is 1.81. The summed E-state index contributed by atoms with van der Waals surface area (Å²) in [7, 11) is 0. The summed E-state index contributed by atoms with van der Waals surface area (Å²) in [6.45, 7) is 7.71. The van der Waals surface area contributed by atoms with Gasteiger partial charge in [-0.15, -0.1) is 24.8 Å². The van der Waals surface area contributed by atoms with Gasteiger partial charge in [-0.2, -0.15) is 0 Å². The molecule has 1 fully saturated rings. The van der Waals surface area contributed by atoms with Crippen molar-refractivity contribution in [2.45, 2.75) is 45.6 Å². The number of nitrogens with zero attached hydrogens (tertiary/aromatic N) is 1. The number of likely N-dealkylation sites (tertiary alicyclic amines) is 1. The molecular formula is C13H29Cl2N3O. The van der Waals surface area contributed by atoms with E-state index in [0.717, 1.165) is 19.5 Å². The maximum Gasteiger partial charge on any atom is 0.237 e. The van der Waals surface area contributed by atoms with Crippen LogP contribution in [0.5, 0.6) is 0 Å². The zero-order valence-corrected chi connectivity index (χ0v) is 13.7. The highest BCUT2D eigenvalue weighted by molar-refractivity contribution is 5.85. The molecule has 0 aromatic carbocycles. The average molecular weight is 314 g/mol. The highest BCUT2D eigenvalue weighted by Crippen LogP contribution is 2.17. The minimum absolute atomic E-state index is 0. The van der Waals surface area contributed by atoms with Gasteiger partial charge in [-0.25, -0.2) is 0 Å². The zero-order valence-electron chi connectivity index (χ0n) is 12.1. The molecule has 0 radical (unpaired) electrons. The van der Waals surface area contributed by atoms with Crippen molar-refractivity contribution >= 4 is 30.7 Å². The van der Waals surface area contributed by atoms with Crippen LogP contribution in [0.4, 0.5) is 0 Å².